The number of dihydropyridines is 1. The molecule has 13 heavy (non-hydrogen) atoms. The van der Waals surface area contributed by atoms with Crippen LogP contribution >= 0.6 is 0 Å². The third-order valence-corrected chi connectivity index (χ3v) is 1.47. The number of hydrogen-bond acceptors (Lipinski definition) is 3. The van der Waals surface area contributed by atoms with Crippen molar-refractivity contribution in [2.24, 2.45) is 0 Å². The van der Waals surface area contributed by atoms with Crippen LogP contribution in [0.5, 0.6) is 0 Å². The van der Waals surface area contributed by atoms with E-state index < -0.39 is 5.60 Å². The number of esters is 1. The Bertz CT molecular complexity index is 259. The van der Waals surface area contributed by atoms with Gasteiger partial charge in [0.25, 0.3) is 0 Å². The number of allylic oxidation sites excluding steroid dienone is 1. The number of hydrogen-bond donors (Lipinski definition) is 1. The van der Waals surface area contributed by atoms with Crippen molar-refractivity contribution in [3.8, 4) is 0 Å². The molecule has 0 aromatic rings. The molecule has 0 spiro atoms. The maximum atomic E-state index is 11.4. The number of carbonyl (C=O) groups excluding carboxylic acids is 1. The van der Waals surface area contributed by atoms with Gasteiger partial charge in [-0.25, -0.2) is 4.79 Å². The second-order valence-electron chi connectivity index (χ2n) is 3.94. The first-order chi connectivity index (χ1) is 5.99. The molecule has 1 N–H and O–H groups in total. The monoisotopic (exact) mass is 181 g/mol. The van der Waals surface area contributed by atoms with E-state index in [2.05, 4.69) is 5.32 Å². The Kier molecular flexibility index (Phi) is 2.76. The highest BCUT2D eigenvalue weighted by Gasteiger charge is 2.19. The zero-order chi connectivity index (χ0) is 9.90. The molecular formula is C10H15NO2. The summed E-state index contributed by atoms with van der Waals surface area (Å²) >= 11 is 0. The maximum absolute atomic E-state index is 11.4. The Labute approximate surface area is 78.5 Å². The first-order valence-electron chi connectivity index (χ1n) is 4.32. The standard InChI is InChI=1S/C10H15NO2/c1-10(2,3)13-9(12)8-5-4-6-11-7-8/h4,6-7,11H,5H2,1-3H3. The van der Waals surface area contributed by atoms with E-state index in [4.69, 9.17) is 4.74 Å². The van der Waals surface area contributed by atoms with Gasteiger partial charge in [0.05, 0.1) is 5.57 Å². The van der Waals surface area contributed by atoms with Crippen molar-refractivity contribution in [3.05, 3.63) is 24.0 Å². The summed E-state index contributed by atoms with van der Waals surface area (Å²) in [6.45, 7) is 5.58. The highest BCUT2D eigenvalue weighted by molar-refractivity contribution is 5.89. The molecular weight excluding hydrogens is 166 g/mol. The van der Waals surface area contributed by atoms with Crippen LogP contribution in [0.25, 0.3) is 0 Å². The molecule has 0 fully saturated rings. The summed E-state index contributed by atoms with van der Waals surface area (Å²) in [4.78, 5) is 11.4. The van der Waals surface area contributed by atoms with Gasteiger partial charge in [0.2, 0.25) is 0 Å². The Morgan fingerprint density at radius 3 is 2.69 bits per heavy atom. The minimum absolute atomic E-state index is 0.246. The van der Waals surface area contributed by atoms with Crippen molar-refractivity contribution < 1.29 is 9.53 Å². The lowest BCUT2D eigenvalue weighted by Crippen LogP contribution is -2.25. The summed E-state index contributed by atoms with van der Waals surface area (Å²) in [5, 5.41) is 2.86. The van der Waals surface area contributed by atoms with Crippen LogP contribution < -0.4 is 5.32 Å². The van der Waals surface area contributed by atoms with E-state index >= 15 is 0 Å². The highest BCUT2D eigenvalue weighted by Crippen LogP contribution is 2.14. The Morgan fingerprint density at radius 2 is 2.23 bits per heavy atom. The van der Waals surface area contributed by atoms with E-state index in [1.54, 1.807) is 12.4 Å². The van der Waals surface area contributed by atoms with Crippen LogP contribution in [-0.2, 0) is 9.53 Å². The van der Waals surface area contributed by atoms with Crippen molar-refractivity contribution >= 4 is 5.97 Å². The summed E-state index contributed by atoms with van der Waals surface area (Å²) in [6.07, 6.45) is 6.00. The molecule has 1 rings (SSSR count). The smallest absolute Gasteiger partial charge is 0.336 e. The minimum Gasteiger partial charge on any atom is -0.457 e. The van der Waals surface area contributed by atoms with Gasteiger partial charge >= 0.3 is 5.97 Å². The van der Waals surface area contributed by atoms with E-state index in [1.807, 2.05) is 26.8 Å². The molecule has 1 aliphatic heterocycles. The number of carbonyl (C=O) groups is 1. The van der Waals surface area contributed by atoms with Crippen molar-refractivity contribution in [2.75, 3.05) is 0 Å². The fourth-order valence-corrected chi connectivity index (χ4v) is 0.947. The van der Waals surface area contributed by atoms with E-state index in [0.29, 0.717) is 12.0 Å². The first-order valence-corrected chi connectivity index (χ1v) is 4.32. The summed E-state index contributed by atoms with van der Waals surface area (Å²) in [7, 11) is 0. The van der Waals surface area contributed by atoms with E-state index in [0.717, 1.165) is 0 Å². The van der Waals surface area contributed by atoms with Gasteiger partial charge in [-0.15, -0.1) is 0 Å². The quantitative estimate of drug-likeness (QED) is 0.626. The van der Waals surface area contributed by atoms with E-state index in [1.165, 1.54) is 0 Å². The molecule has 0 bridgehead atoms. The van der Waals surface area contributed by atoms with Crippen LogP contribution in [0, 0.1) is 0 Å². The van der Waals surface area contributed by atoms with Gasteiger partial charge in [0.1, 0.15) is 5.60 Å². The molecule has 0 radical (unpaired) electrons. The predicted octanol–water partition coefficient (Wildman–Crippen LogP) is 1.72. The fraction of sp³-hybridized carbons (Fsp3) is 0.500. The fourth-order valence-electron chi connectivity index (χ4n) is 0.947. The third kappa shape index (κ3) is 3.32. The molecule has 0 aromatic carbocycles. The molecule has 0 atom stereocenters. The number of nitrogens with one attached hydrogen (secondary N) is 1. The Morgan fingerprint density at radius 1 is 1.54 bits per heavy atom. The largest absolute Gasteiger partial charge is 0.457 e. The Hall–Kier alpha value is -1.25. The molecule has 72 valence electrons. The van der Waals surface area contributed by atoms with Gasteiger partial charge in [-0.2, -0.15) is 0 Å². The topological polar surface area (TPSA) is 38.3 Å². The molecule has 0 aromatic heterocycles. The minimum atomic E-state index is -0.418. The summed E-state index contributed by atoms with van der Waals surface area (Å²) in [5.74, 6) is -0.246. The van der Waals surface area contributed by atoms with Gasteiger partial charge in [-0.1, -0.05) is 6.08 Å². The molecule has 0 saturated carbocycles. The van der Waals surface area contributed by atoms with E-state index in [-0.39, 0.29) is 5.97 Å². The predicted molar refractivity (Wildman–Crippen MR) is 50.8 cm³/mol. The zero-order valence-corrected chi connectivity index (χ0v) is 8.26. The van der Waals surface area contributed by atoms with Gasteiger partial charge in [0, 0.05) is 12.6 Å². The van der Waals surface area contributed by atoms with Gasteiger partial charge in [0.15, 0.2) is 0 Å². The molecule has 0 saturated heterocycles. The van der Waals surface area contributed by atoms with Crippen LogP contribution in [0.3, 0.4) is 0 Å². The van der Waals surface area contributed by atoms with Crippen LogP contribution in [0.4, 0.5) is 0 Å². The van der Waals surface area contributed by atoms with Crippen LogP contribution in [0.1, 0.15) is 27.2 Å². The molecule has 0 aliphatic carbocycles. The molecule has 3 heteroatoms. The molecule has 0 amide bonds. The van der Waals surface area contributed by atoms with Crippen LogP contribution in [0.15, 0.2) is 24.0 Å². The third-order valence-electron chi connectivity index (χ3n) is 1.47. The van der Waals surface area contributed by atoms with Crippen molar-refractivity contribution in [3.63, 3.8) is 0 Å². The summed E-state index contributed by atoms with van der Waals surface area (Å²) in [6, 6.07) is 0. The number of rotatable bonds is 1. The van der Waals surface area contributed by atoms with Crippen molar-refractivity contribution in [2.45, 2.75) is 32.8 Å². The maximum Gasteiger partial charge on any atom is 0.336 e. The second kappa shape index (κ2) is 3.64. The average Bonchev–Trinajstić information content (AvgIpc) is 2.03. The van der Waals surface area contributed by atoms with Crippen molar-refractivity contribution in [1.29, 1.82) is 0 Å². The first kappa shape index (κ1) is 9.84. The molecule has 1 heterocycles. The summed E-state index contributed by atoms with van der Waals surface area (Å²) in [5.41, 5.74) is 0.247. The van der Waals surface area contributed by atoms with Crippen molar-refractivity contribution in [1.82, 2.24) is 5.32 Å². The Balaban J connectivity index is 2.53. The number of ether oxygens (including phenoxy) is 1. The molecule has 3 nitrogen and oxygen atoms in total. The molecule has 1 aliphatic rings. The molecule has 0 unspecified atom stereocenters. The van der Waals surface area contributed by atoms with Gasteiger partial charge in [-0.3, -0.25) is 0 Å². The zero-order valence-electron chi connectivity index (χ0n) is 8.26. The van der Waals surface area contributed by atoms with E-state index in [9.17, 15) is 4.79 Å². The highest BCUT2D eigenvalue weighted by atomic mass is 16.6. The summed E-state index contributed by atoms with van der Waals surface area (Å²) < 4.78 is 5.20. The van der Waals surface area contributed by atoms with Gasteiger partial charge < -0.3 is 10.1 Å². The van der Waals surface area contributed by atoms with Crippen LogP contribution in [-0.4, -0.2) is 11.6 Å². The SMILES string of the molecule is CC(C)(C)OC(=O)C1=CNC=CC1. The lowest BCUT2D eigenvalue weighted by Gasteiger charge is -2.20. The second-order valence-corrected chi connectivity index (χ2v) is 3.94. The average molecular weight is 181 g/mol. The normalized spacial score (nSPS) is 16.1. The lowest BCUT2D eigenvalue weighted by atomic mass is 10.1. The lowest BCUT2D eigenvalue weighted by molar-refractivity contribution is -0.150. The van der Waals surface area contributed by atoms with Crippen LogP contribution in [0.2, 0.25) is 0 Å². The van der Waals surface area contributed by atoms with Gasteiger partial charge in [-0.05, 0) is 27.0 Å².